The van der Waals surface area contributed by atoms with Crippen molar-refractivity contribution in [2.45, 2.75) is 26.3 Å². The second kappa shape index (κ2) is 4.88. The first kappa shape index (κ1) is 13.3. The summed E-state index contributed by atoms with van der Waals surface area (Å²) in [5.74, 6) is 0. The van der Waals surface area contributed by atoms with Gasteiger partial charge in [-0.25, -0.2) is 0 Å². The standard InChI is InChI=1S/C15H19BrN2/c1-11-9-14(18(4)15(2,3)10-16)12-7-5-6-8-13(12)17-11/h5-9H,10H2,1-4H3. The Bertz CT molecular complexity index is 563. The van der Waals surface area contributed by atoms with E-state index < -0.39 is 0 Å². The maximum atomic E-state index is 4.59. The molecule has 0 aliphatic carbocycles. The average Bonchev–Trinajstić information content (AvgIpc) is 2.36. The van der Waals surface area contributed by atoms with Gasteiger partial charge >= 0.3 is 0 Å². The quantitative estimate of drug-likeness (QED) is 0.792. The predicted octanol–water partition coefficient (Wildman–Crippen LogP) is 4.15. The molecule has 0 saturated carbocycles. The van der Waals surface area contributed by atoms with Crippen molar-refractivity contribution in [1.29, 1.82) is 0 Å². The van der Waals surface area contributed by atoms with Crippen molar-refractivity contribution in [3.05, 3.63) is 36.0 Å². The van der Waals surface area contributed by atoms with Crippen molar-refractivity contribution in [2.24, 2.45) is 0 Å². The van der Waals surface area contributed by atoms with Crippen molar-refractivity contribution in [1.82, 2.24) is 4.98 Å². The first-order chi connectivity index (χ1) is 8.45. The normalized spacial score (nSPS) is 11.8. The summed E-state index contributed by atoms with van der Waals surface area (Å²) in [6.45, 7) is 6.50. The Balaban J connectivity index is 2.63. The van der Waals surface area contributed by atoms with Gasteiger partial charge in [0.2, 0.25) is 0 Å². The fourth-order valence-electron chi connectivity index (χ4n) is 1.98. The topological polar surface area (TPSA) is 16.1 Å². The minimum absolute atomic E-state index is 0.0660. The molecule has 1 heterocycles. The van der Waals surface area contributed by atoms with Gasteiger partial charge in [0.15, 0.2) is 0 Å². The lowest BCUT2D eigenvalue weighted by Crippen LogP contribution is -2.42. The summed E-state index contributed by atoms with van der Waals surface area (Å²) in [6.07, 6.45) is 0. The Hall–Kier alpha value is -1.09. The van der Waals surface area contributed by atoms with Gasteiger partial charge in [0, 0.05) is 34.7 Å². The molecule has 1 aromatic carbocycles. The number of anilines is 1. The van der Waals surface area contributed by atoms with E-state index in [0.717, 1.165) is 16.5 Å². The van der Waals surface area contributed by atoms with E-state index in [1.807, 2.05) is 13.0 Å². The van der Waals surface area contributed by atoms with Crippen LogP contribution in [0.5, 0.6) is 0 Å². The van der Waals surface area contributed by atoms with E-state index >= 15 is 0 Å². The molecule has 0 aliphatic rings. The van der Waals surface area contributed by atoms with Crippen LogP contribution < -0.4 is 4.90 Å². The average molecular weight is 307 g/mol. The maximum absolute atomic E-state index is 4.59. The van der Waals surface area contributed by atoms with Crippen LogP contribution in [0.15, 0.2) is 30.3 Å². The minimum atomic E-state index is 0.0660. The molecule has 96 valence electrons. The van der Waals surface area contributed by atoms with Gasteiger partial charge in [-0.2, -0.15) is 0 Å². The van der Waals surface area contributed by atoms with Gasteiger partial charge in [-0.05, 0) is 32.9 Å². The van der Waals surface area contributed by atoms with E-state index in [1.165, 1.54) is 11.1 Å². The minimum Gasteiger partial charge on any atom is -0.368 e. The molecular weight excluding hydrogens is 288 g/mol. The summed E-state index contributed by atoms with van der Waals surface area (Å²) in [7, 11) is 2.14. The van der Waals surface area contributed by atoms with Crippen LogP contribution in [0.25, 0.3) is 10.9 Å². The van der Waals surface area contributed by atoms with Crippen LogP contribution in [0.1, 0.15) is 19.5 Å². The van der Waals surface area contributed by atoms with Gasteiger partial charge in [-0.15, -0.1) is 0 Å². The fourth-order valence-corrected chi connectivity index (χ4v) is 2.35. The summed E-state index contributed by atoms with van der Waals surface area (Å²) >= 11 is 3.59. The zero-order valence-corrected chi connectivity index (χ0v) is 13.0. The molecule has 0 spiro atoms. The number of pyridine rings is 1. The molecule has 0 bridgehead atoms. The van der Waals surface area contributed by atoms with Crippen LogP contribution in [0.4, 0.5) is 5.69 Å². The molecule has 0 aliphatic heterocycles. The molecule has 1 aromatic heterocycles. The molecule has 0 saturated heterocycles. The number of fused-ring (bicyclic) bond motifs is 1. The number of rotatable bonds is 3. The Kier molecular flexibility index (Phi) is 3.62. The zero-order chi connectivity index (χ0) is 13.3. The number of benzene rings is 1. The molecule has 0 amide bonds. The van der Waals surface area contributed by atoms with Gasteiger partial charge in [-0.3, -0.25) is 4.98 Å². The third-order valence-electron chi connectivity index (χ3n) is 3.42. The molecule has 0 unspecified atom stereocenters. The number of aromatic nitrogens is 1. The first-order valence-electron chi connectivity index (χ1n) is 6.12. The Morgan fingerprint density at radius 2 is 1.94 bits per heavy atom. The van der Waals surface area contributed by atoms with E-state index in [1.54, 1.807) is 0 Å². The molecule has 2 aromatic rings. The molecule has 18 heavy (non-hydrogen) atoms. The SMILES string of the molecule is Cc1cc(N(C)C(C)(C)CBr)c2ccccc2n1. The predicted molar refractivity (Wildman–Crippen MR) is 82.8 cm³/mol. The van der Waals surface area contributed by atoms with Crippen molar-refractivity contribution < 1.29 is 0 Å². The number of alkyl halides is 1. The van der Waals surface area contributed by atoms with E-state index in [0.29, 0.717) is 0 Å². The fraction of sp³-hybridized carbons (Fsp3) is 0.400. The van der Waals surface area contributed by atoms with Crippen molar-refractivity contribution in [3.63, 3.8) is 0 Å². The molecule has 0 radical (unpaired) electrons. The molecular formula is C15H19BrN2. The van der Waals surface area contributed by atoms with Gasteiger partial charge in [-0.1, -0.05) is 34.1 Å². The molecule has 2 rings (SSSR count). The number of nitrogens with zero attached hydrogens (tertiary/aromatic N) is 2. The Morgan fingerprint density at radius 1 is 1.28 bits per heavy atom. The van der Waals surface area contributed by atoms with Gasteiger partial charge in [0.25, 0.3) is 0 Å². The highest BCUT2D eigenvalue weighted by atomic mass is 79.9. The van der Waals surface area contributed by atoms with Crippen LogP contribution in [0.2, 0.25) is 0 Å². The first-order valence-corrected chi connectivity index (χ1v) is 7.24. The smallest absolute Gasteiger partial charge is 0.0726 e. The largest absolute Gasteiger partial charge is 0.368 e. The number of halogens is 1. The summed E-state index contributed by atoms with van der Waals surface area (Å²) in [5.41, 5.74) is 3.42. The van der Waals surface area contributed by atoms with Crippen molar-refractivity contribution >= 4 is 32.5 Å². The molecule has 0 atom stereocenters. The summed E-state index contributed by atoms with van der Waals surface area (Å²) < 4.78 is 0. The van der Waals surface area contributed by atoms with E-state index in [9.17, 15) is 0 Å². The summed E-state index contributed by atoms with van der Waals surface area (Å²) in [5, 5.41) is 2.13. The van der Waals surface area contributed by atoms with Crippen molar-refractivity contribution in [3.8, 4) is 0 Å². The number of hydrogen-bond acceptors (Lipinski definition) is 2. The van der Waals surface area contributed by atoms with Crippen molar-refractivity contribution in [2.75, 3.05) is 17.3 Å². The lowest BCUT2D eigenvalue weighted by Gasteiger charge is -2.36. The van der Waals surface area contributed by atoms with Crippen LogP contribution in [0.3, 0.4) is 0 Å². The van der Waals surface area contributed by atoms with Crippen LogP contribution in [0, 0.1) is 6.92 Å². The third-order valence-corrected chi connectivity index (χ3v) is 4.79. The summed E-state index contributed by atoms with van der Waals surface area (Å²) in [4.78, 5) is 6.91. The number of aryl methyl sites for hydroxylation is 1. The highest BCUT2D eigenvalue weighted by Crippen LogP contribution is 2.30. The molecule has 0 fully saturated rings. The zero-order valence-electron chi connectivity index (χ0n) is 11.4. The van der Waals surface area contributed by atoms with E-state index in [-0.39, 0.29) is 5.54 Å². The van der Waals surface area contributed by atoms with Gasteiger partial charge in [0.1, 0.15) is 0 Å². The Labute approximate surface area is 117 Å². The second-order valence-corrected chi connectivity index (χ2v) is 5.87. The maximum Gasteiger partial charge on any atom is 0.0726 e. The van der Waals surface area contributed by atoms with E-state index in [2.05, 4.69) is 71.0 Å². The van der Waals surface area contributed by atoms with Gasteiger partial charge < -0.3 is 4.90 Å². The van der Waals surface area contributed by atoms with E-state index in [4.69, 9.17) is 0 Å². The summed E-state index contributed by atoms with van der Waals surface area (Å²) in [6, 6.07) is 10.5. The molecule has 2 nitrogen and oxygen atoms in total. The Morgan fingerprint density at radius 3 is 2.61 bits per heavy atom. The number of para-hydroxylation sites is 1. The molecule has 3 heteroatoms. The van der Waals surface area contributed by atoms with Crippen LogP contribution in [-0.2, 0) is 0 Å². The second-order valence-electron chi connectivity index (χ2n) is 5.30. The monoisotopic (exact) mass is 306 g/mol. The highest BCUT2D eigenvalue weighted by molar-refractivity contribution is 9.09. The van der Waals surface area contributed by atoms with Crippen LogP contribution in [-0.4, -0.2) is 22.9 Å². The highest BCUT2D eigenvalue weighted by Gasteiger charge is 2.24. The molecule has 0 N–H and O–H groups in total. The number of hydrogen-bond donors (Lipinski definition) is 0. The van der Waals surface area contributed by atoms with Crippen LogP contribution >= 0.6 is 15.9 Å². The third kappa shape index (κ3) is 2.37. The lowest BCUT2D eigenvalue weighted by atomic mass is 10.0. The lowest BCUT2D eigenvalue weighted by molar-refractivity contribution is 0.553. The van der Waals surface area contributed by atoms with Gasteiger partial charge in [0.05, 0.1) is 5.52 Å².